The highest BCUT2D eigenvalue weighted by atomic mass is 16.6. The fourth-order valence-corrected chi connectivity index (χ4v) is 3.68. The van der Waals surface area contributed by atoms with Crippen molar-refractivity contribution in [2.24, 2.45) is 11.5 Å². The number of aromatic amines is 1. The van der Waals surface area contributed by atoms with Crippen molar-refractivity contribution in [1.29, 1.82) is 0 Å². The first-order valence-corrected chi connectivity index (χ1v) is 11.5. The van der Waals surface area contributed by atoms with E-state index < -0.39 is 48.4 Å². The van der Waals surface area contributed by atoms with E-state index >= 15 is 0 Å². The number of H-pyrrole nitrogens is 1. The van der Waals surface area contributed by atoms with E-state index in [1.165, 1.54) is 12.3 Å². The molecule has 12 nitrogen and oxygen atoms in total. The Morgan fingerprint density at radius 2 is 2.00 bits per heavy atom. The summed E-state index contributed by atoms with van der Waals surface area (Å²) in [5, 5.41) is 22.7. The summed E-state index contributed by atoms with van der Waals surface area (Å²) in [7, 11) is 0. The van der Waals surface area contributed by atoms with Crippen molar-refractivity contribution in [2.75, 3.05) is 26.3 Å². The number of nitrogens with one attached hydrogen (secondary N) is 2. The maximum absolute atomic E-state index is 12.1. The van der Waals surface area contributed by atoms with Crippen LogP contribution in [0.4, 0.5) is 0 Å². The van der Waals surface area contributed by atoms with Gasteiger partial charge in [0.15, 0.2) is 6.23 Å². The highest BCUT2D eigenvalue weighted by Gasteiger charge is 2.45. The molecular weight excluding hydrogens is 434 g/mol. The van der Waals surface area contributed by atoms with Crippen LogP contribution in [0.1, 0.15) is 51.2 Å². The third kappa shape index (κ3) is 8.32. The van der Waals surface area contributed by atoms with E-state index in [1.807, 2.05) is 0 Å². The lowest BCUT2D eigenvalue weighted by atomic mass is 10.1. The summed E-state index contributed by atoms with van der Waals surface area (Å²) in [6.45, 7) is 1.03. The molecule has 1 aliphatic rings. The van der Waals surface area contributed by atoms with E-state index in [1.54, 1.807) is 0 Å². The lowest BCUT2D eigenvalue weighted by Gasteiger charge is -2.22. The number of hydrogen-bond acceptors (Lipinski definition) is 9. The van der Waals surface area contributed by atoms with Gasteiger partial charge in [0.1, 0.15) is 18.3 Å². The minimum atomic E-state index is -1.12. The van der Waals surface area contributed by atoms with Gasteiger partial charge in [-0.2, -0.15) is 0 Å². The molecule has 0 unspecified atom stereocenters. The average Bonchev–Trinajstić information content (AvgIpc) is 3.10. The monoisotopic (exact) mass is 471 g/mol. The summed E-state index contributed by atoms with van der Waals surface area (Å²) < 4.78 is 12.5. The largest absolute Gasteiger partial charge is 0.394 e. The number of nitrogens with two attached hydrogens (primary N) is 2. The molecule has 0 spiro atoms. The minimum Gasteiger partial charge on any atom is -0.394 e. The molecule has 1 aromatic heterocycles. The summed E-state index contributed by atoms with van der Waals surface area (Å²) >= 11 is 0. The van der Waals surface area contributed by atoms with Gasteiger partial charge in [0.2, 0.25) is 5.91 Å². The highest BCUT2D eigenvalue weighted by molar-refractivity contribution is 5.81. The molecule has 1 amide bonds. The smallest absolute Gasteiger partial charge is 0.330 e. The van der Waals surface area contributed by atoms with Gasteiger partial charge in [-0.25, -0.2) is 4.79 Å². The fraction of sp³-hybridized carbons (Fsp3) is 0.762. The highest BCUT2D eigenvalue weighted by Crippen LogP contribution is 2.30. The Morgan fingerprint density at radius 1 is 1.24 bits per heavy atom. The molecule has 12 heteroatoms. The third-order valence-electron chi connectivity index (χ3n) is 5.60. The van der Waals surface area contributed by atoms with Gasteiger partial charge in [-0.05, 0) is 32.2 Å². The molecule has 0 radical (unpaired) electrons. The predicted octanol–water partition coefficient (Wildman–Crippen LogP) is -1.69. The van der Waals surface area contributed by atoms with Crippen molar-refractivity contribution < 1.29 is 24.5 Å². The molecule has 2 heterocycles. The van der Waals surface area contributed by atoms with Gasteiger partial charge in [0, 0.05) is 25.4 Å². The van der Waals surface area contributed by atoms with E-state index in [-0.39, 0.29) is 5.91 Å². The van der Waals surface area contributed by atoms with Gasteiger partial charge in [0.05, 0.1) is 12.6 Å². The van der Waals surface area contributed by atoms with Crippen molar-refractivity contribution in [1.82, 2.24) is 14.9 Å². The number of ether oxygens (including phenoxy) is 2. The molecule has 5 atom stereocenters. The number of aromatic nitrogens is 2. The van der Waals surface area contributed by atoms with E-state index in [4.69, 9.17) is 20.9 Å². The van der Waals surface area contributed by atoms with Crippen molar-refractivity contribution in [3.63, 3.8) is 0 Å². The van der Waals surface area contributed by atoms with Crippen LogP contribution in [0, 0.1) is 0 Å². The Morgan fingerprint density at radius 3 is 2.70 bits per heavy atom. The molecule has 1 saturated heterocycles. The second kappa shape index (κ2) is 14.2. The Kier molecular flexibility index (Phi) is 11.7. The Hall–Kier alpha value is -2.09. The first-order valence-electron chi connectivity index (χ1n) is 11.5. The van der Waals surface area contributed by atoms with Crippen molar-refractivity contribution >= 4 is 5.91 Å². The maximum Gasteiger partial charge on any atom is 0.330 e. The van der Waals surface area contributed by atoms with Gasteiger partial charge in [-0.1, -0.05) is 19.3 Å². The lowest BCUT2D eigenvalue weighted by Crippen LogP contribution is -2.40. The zero-order valence-electron chi connectivity index (χ0n) is 18.9. The number of aliphatic hydroxyl groups excluding tert-OH is 2. The average molecular weight is 472 g/mol. The number of hydrogen-bond donors (Lipinski definition) is 6. The summed E-state index contributed by atoms with van der Waals surface area (Å²) in [6.07, 6.45) is 2.95. The number of amides is 1. The number of nitrogens with zero attached hydrogens (tertiary/aromatic N) is 1. The molecular formula is C21H37N5O7. The Balaban J connectivity index is 1.69. The van der Waals surface area contributed by atoms with Crippen LogP contribution < -0.4 is 28.0 Å². The molecule has 0 saturated carbocycles. The molecule has 188 valence electrons. The van der Waals surface area contributed by atoms with E-state index in [0.717, 1.165) is 36.7 Å². The molecule has 33 heavy (non-hydrogen) atoms. The van der Waals surface area contributed by atoms with Crippen LogP contribution in [0.15, 0.2) is 21.9 Å². The molecule has 2 rings (SSSR count). The summed E-state index contributed by atoms with van der Waals surface area (Å²) in [5.41, 5.74) is 10.0. The van der Waals surface area contributed by atoms with Crippen LogP contribution >= 0.6 is 0 Å². The molecule has 1 aliphatic heterocycles. The topological polar surface area (TPSA) is 195 Å². The maximum atomic E-state index is 12.1. The number of carbonyl (C=O) groups is 1. The summed E-state index contributed by atoms with van der Waals surface area (Å²) in [6, 6.07) is 0.669. The molecule has 1 fully saturated rings. The molecule has 8 N–H and O–H groups in total. The number of rotatable bonds is 15. The van der Waals surface area contributed by atoms with Gasteiger partial charge in [0.25, 0.3) is 5.56 Å². The van der Waals surface area contributed by atoms with Crippen LogP contribution in [0.25, 0.3) is 0 Å². The van der Waals surface area contributed by atoms with Gasteiger partial charge < -0.3 is 36.5 Å². The zero-order chi connectivity index (χ0) is 24.2. The normalized spacial score (nSPS) is 23.5. The van der Waals surface area contributed by atoms with Gasteiger partial charge >= 0.3 is 5.69 Å². The number of aliphatic hydroxyl groups is 2. The third-order valence-corrected chi connectivity index (χ3v) is 5.60. The second-order valence-corrected chi connectivity index (χ2v) is 8.19. The van der Waals surface area contributed by atoms with Gasteiger partial charge in [-0.15, -0.1) is 0 Å². The second-order valence-electron chi connectivity index (χ2n) is 8.19. The number of unbranched alkanes of at least 4 members (excludes halogenated alkanes) is 4. The SMILES string of the molecule is NCCCC[C@H](N)C(=O)NCCCCCCO[C@@H]1[C@H](O)[C@@H](CO)O[C@H]1n1ccc(=O)[nH]c1=O. The van der Waals surface area contributed by atoms with Crippen LogP contribution in [0.2, 0.25) is 0 Å². The standard InChI is InChI=1S/C21H37N5O7/c22-9-4-3-7-14(23)19(30)24-10-5-1-2-6-12-32-18-17(29)15(13-27)33-20(18)26-11-8-16(28)25-21(26)31/h8,11,14-15,17-18,20,27,29H,1-7,9-10,12-13,22-23H2,(H,24,30)(H,25,28,31)/t14-,15+,17+,18+,20+/m0/s1. The first kappa shape index (κ1) is 27.2. The quantitative estimate of drug-likeness (QED) is 0.162. The fourth-order valence-electron chi connectivity index (χ4n) is 3.68. The zero-order valence-corrected chi connectivity index (χ0v) is 18.9. The molecule has 0 aliphatic carbocycles. The van der Waals surface area contributed by atoms with E-state index in [9.17, 15) is 24.6 Å². The van der Waals surface area contributed by atoms with Crippen molar-refractivity contribution in [2.45, 2.75) is 75.5 Å². The van der Waals surface area contributed by atoms with Crippen LogP contribution in [0.3, 0.4) is 0 Å². The lowest BCUT2D eigenvalue weighted by molar-refractivity contribution is -0.122. The molecule has 0 bridgehead atoms. The van der Waals surface area contributed by atoms with Gasteiger partial charge in [-0.3, -0.25) is 19.1 Å². The molecule has 1 aromatic rings. The van der Waals surface area contributed by atoms with Crippen molar-refractivity contribution in [3.8, 4) is 0 Å². The van der Waals surface area contributed by atoms with Crippen LogP contribution in [0.5, 0.6) is 0 Å². The molecule has 0 aromatic carbocycles. The van der Waals surface area contributed by atoms with E-state index in [0.29, 0.717) is 32.5 Å². The minimum absolute atomic E-state index is 0.146. The predicted molar refractivity (Wildman–Crippen MR) is 120 cm³/mol. The summed E-state index contributed by atoms with van der Waals surface area (Å²) in [4.78, 5) is 37.4. The number of carbonyl (C=O) groups excluding carboxylic acids is 1. The summed E-state index contributed by atoms with van der Waals surface area (Å²) in [5.74, 6) is -0.146. The van der Waals surface area contributed by atoms with Crippen LogP contribution in [-0.2, 0) is 14.3 Å². The van der Waals surface area contributed by atoms with Crippen molar-refractivity contribution in [3.05, 3.63) is 33.1 Å². The Bertz CT molecular complexity index is 830. The van der Waals surface area contributed by atoms with Crippen LogP contribution in [-0.4, -0.2) is 76.3 Å². The first-order chi connectivity index (χ1) is 15.9. The Labute approximate surface area is 192 Å². The van der Waals surface area contributed by atoms with E-state index in [2.05, 4.69) is 10.3 Å².